The number of halogens is 2. The van der Waals surface area contributed by atoms with Crippen molar-refractivity contribution in [2.24, 2.45) is 0 Å². The monoisotopic (exact) mass is 452 g/mol. The summed E-state index contributed by atoms with van der Waals surface area (Å²) in [5.41, 5.74) is 3.25. The molecule has 0 bridgehead atoms. The van der Waals surface area contributed by atoms with Crippen molar-refractivity contribution in [3.05, 3.63) is 65.1 Å². The van der Waals surface area contributed by atoms with Gasteiger partial charge in [0, 0.05) is 44.1 Å². The summed E-state index contributed by atoms with van der Waals surface area (Å²) in [5, 5.41) is 3.37. The van der Waals surface area contributed by atoms with Gasteiger partial charge in [-0.2, -0.15) is 0 Å². The number of nitrogens with zero attached hydrogens (tertiary/aromatic N) is 5. The maximum Gasteiger partial charge on any atom is 0.167 e. The van der Waals surface area contributed by atoms with Gasteiger partial charge in [-0.05, 0) is 58.4 Å². The van der Waals surface area contributed by atoms with Crippen molar-refractivity contribution in [1.29, 1.82) is 0 Å². The minimum Gasteiger partial charge on any atom is -0.353 e. The van der Waals surface area contributed by atoms with Gasteiger partial charge in [-0.1, -0.05) is 0 Å². The summed E-state index contributed by atoms with van der Waals surface area (Å²) in [4.78, 5) is 16.2. The molecule has 29 heavy (non-hydrogen) atoms. The lowest BCUT2D eigenvalue weighted by Gasteiger charge is -2.29. The highest BCUT2D eigenvalue weighted by Crippen LogP contribution is 2.33. The number of piperazine rings is 1. The number of pyridine rings is 2. The summed E-state index contributed by atoms with van der Waals surface area (Å²) in [7, 11) is 0. The van der Waals surface area contributed by atoms with Gasteiger partial charge < -0.3 is 10.2 Å². The molecule has 6 nitrogen and oxygen atoms in total. The Morgan fingerprint density at radius 2 is 1.69 bits per heavy atom. The summed E-state index contributed by atoms with van der Waals surface area (Å²) >= 11 is 3.68. The summed E-state index contributed by atoms with van der Waals surface area (Å²) in [5.74, 6) is 1.34. The fraction of sp³-hybridized carbons (Fsp3) is 0.190. The summed E-state index contributed by atoms with van der Waals surface area (Å²) < 4.78 is 16.4. The molecule has 1 aliphatic heterocycles. The third-order valence-corrected chi connectivity index (χ3v) is 5.59. The Kier molecular flexibility index (Phi) is 4.73. The highest BCUT2D eigenvalue weighted by atomic mass is 79.9. The molecule has 4 heterocycles. The second-order valence-electron chi connectivity index (χ2n) is 6.86. The fourth-order valence-electron chi connectivity index (χ4n) is 3.60. The molecule has 1 saturated heterocycles. The first kappa shape index (κ1) is 18.2. The molecule has 0 aliphatic carbocycles. The van der Waals surface area contributed by atoms with Crippen molar-refractivity contribution < 1.29 is 4.39 Å². The van der Waals surface area contributed by atoms with E-state index < -0.39 is 0 Å². The molecule has 8 heteroatoms. The third-order valence-electron chi connectivity index (χ3n) is 5.01. The number of fused-ring (bicyclic) bond motifs is 1. The van der Waals surface area contributed by atoms with Crippen LogP contribution in [-0.2, 0) is 0 Å². The first-order valence-electron chi connectivity index (χ1n) is 9.42. The Morgan fingerprint density at radius 3 is 2.41 bits per heavy atom. The second kappa shape index (κ2) is 7.53. The predicted octanol–water partition coefficient (Wildman–Crippen LogP) is 3.79. The van der Waals surface area contributed by atoms with Crippen molar-refractivity contribution in [2.75, 3.05) is 31.1 Å². The normalized spacial score (nSPS) is 14.5. The first-order valence-corrected chi connectivity index (χ1v) is 10.2. The molecule has 1 aromatic carbocycles. The summed E-state index contributed by atoms with van der Waals surface area (Å²) in [6.45, 7) is 3.64. The van der Waals surface area contributed by atoms with E-state index in [-0.39, 0.29) is 5.82 Å². The number of aromatic nitrogens is 4. The van der Waals surface area contributed by atoms with E-state index in [9.17, 15) is 4.39 Å². The van der Waals surface area contributed by atoms with Crippen LogP contribution in [0.3, 0.4) is 0 Å². The second-order valence-corrected chi connectivity index (χ2v) is 7.71. The quantitative estimate of drug-likeness (QED) is 0.512. The largest absolute Gasteiger partial charge is 0.353 e. The summed E-state index contributed by atoms with van der Waals surface area (Å²) in [6.07, 6.45) is 3.48. The molecule has 0 amide bonds. The Hall–Kier alpha value is -2.84. The smallest absolute Gasteiger partial charge is 0.167 e. The van der Waals surface area contributed by atoms with E-state index in [4.69, 9.17) is 9.97 Å². The molecule has 0 atom stereocenters. The van der Waals surface area contributed by atoms with E-state index in [1.54, 1.807) is 24.5 Å². The third kappa shape index (κ3) is 3.38. The average Bonchev–Trinajstić information content (AvgIpc) is 3.13. The minimum absolute atomic E-state index is 0.276. The van der Waals surface area contributed by atoms with Gasteiger partial charge in [0.25, 0.3) is 0 Å². The van der Waals surface area contributed by atoms with Crippen LogP contribution in [0, 0.1) is 5.82 Å². The van der Waals surface area contributed by atoms with Crippen molar-refractivity contribution in [1.82, 2.24) is 24.8 Å². The molecule has 1 aliphatic rings. The van der Waals surface area contributed by atoms with Crippen LogP contribution in [-0.4, -0.2) is 45.7 Å². The molecule has 1 N–H and O–H groups in total. The van der Waals surface area contributed by atoms with Crippen molar-refractivity contribution in [3.8, 4) is 17.1 Å². The number of hydrogen-bond acceptors (Lipinski definition) is 5. The van der Waals surface area contributed by atoms with Crippen LogP contribution in [0.4, 0.5) is 10.2 Å². The Labute approximate surface area is 175 Å². The van der Waals surface area contributed by atoms with Gasteiger partial charge in [-0.15, -0.1) is 0 Å². The minimum atomic E-state index is -0.276. The number of imidazole rings is 1. The van der Waals surface area contributed by atoms with Gasteiger partial charge in [0.15, 0.2) is 5.65 Å². The maximum absolute atomic E-state index is 13.5. The molecule has 0 radical (unpaired) electrons. The molecule has 0 unspecified atom stereocenters. The molecule has 3 aromatic heterocycles. The van der Waals surface area contributed by atoms with E-state index >= 15 is 0 Å². The van der Waals surface area contributed by atoms with Crippen LogP contribution in [0.15, 0.2) is 59.3 Å². The number of hydrogen-bond donors (Lipinski definition) is 1. The lowest BCUT2D eigenvalue weighted by atomic mass is 10.2. The standard InChI is InChI=1S/C21H18BrFN6/c22-17-13-18-21(27-20(17)28-11-9-25-10-12-28)29(16-5-7-24-8-6-16)19(26-18)14-1-3-15(23)4-2-14/h1-8,13,25H,9-12H2. The fourth-order valence-corrected chi connectivity index (χ4v) is 4.16. The molecule has 0 spiro atoms. The van der Waals surface area contributed by atoms with E-state index in [1.807, 2.05) is 22.8 Å². The SMILES string of the molecule is Fc1ccc(-c2nc3cc(Br)c(N4CCNCC4)nc3n2-c2ccncc2)cc1. The zero-order chi connectivity index (χ0) is 19.8. The van der Waals surface area contributed by atoms with E-state index in [1.165, 1.54) is 12.1 Å². The average molecular weight is 453 g/mol. The Bertz CT molecular complexity index is 1150. The van der Waals surface area contributed by atoms with Crippen LogP contribution in [0.5, 0.6) is 0 Å². The number of anilines is 1. The lowest BCUT2D eigenvalue weighted by molar-refractivity contribution is 0.584. The molecular formula is C21H18BrFN6. The molecule has 1 fully saturated rings. The van der Waals surface area contributed by atoms with Gasteiger partial charge in [0.1, 0.15) is 23.0 Å². The van der Waals surface area contributed by atoms with Crippen molar-refractivity contribution in [2.45, 2.75) is 0 Å². The molecular weight excluding hydrogens is 435 g/mol. The number of rotatable bonds is 3. The molecule has 4 aromatic rings. The zero-order valence-electron chi connectivity index (χ0n) is 15.5. The summed E-state index contributed by atoms with van der Waals surface area (Å²) in [6, 6.07) is 12.2. The van der Waals surface area contributed by atoms with Crippen LogP contribution >= 0.6 is 15.9 Å². The first-order chi connectivity index (χ1) is 14.2. The van der Waals surface area contributed by atoms with Gasteiger partial charge in [-0.3, -0.25) is 9.55 Å². The molecule has 146 valence electrons. The van der Waals surface area contributed by atoms with Gasteiger partial charge >= 0.3 is 0 Å². The topological polar surface area (TPSA) is 58.9 Å². The van der Waals surface area contributed by atoms with E-state index in [0.717, 1.165) is 58.9 Å². The van der Waals surface area contributed by atoms with Crippen molar-refractivity contribution in [3.63, 3.8) is 0 Å². The molecule has 5 rings (SSSR count). The van der Waals surface area contributed by atoms with Crippen LogP contribution < -0.4 is 10.2 Å². The zero-order valence-corrected chi connectivity index (χ0v) is 17.1. The van der Waals surface area contributed by atoms with Gasteiger partial charge in [0.2, 0.25) is 0 Å². The van der Waals surface area contributed by atoms with Crippen molar-refractivity contribution >= 4 is 32.9 Å². The predicted molar refractivity (Wildman–Crippen MR) is 115 cm³/mol. The lowest BCUT2D eigenvalue weighted by Crippen LogP contribution is -2.44. The van der Waals surface area contributed by atoms with Gasteiger partial charge in [0.05, 0.1) is 10.2 Å². The van der Waals surface area contributed by atoms with Crippen LogP contribution in [0.1, 0.15) is 0 Å². The van der Waals surface area contributed by atoms with E-state index in [0.29, 0.717) is 5.82 Å². The number of nitrogens with one attached hydrogen (secondary N) is 1. The van der Waals surface area contributed by atoms with Crippen LogP contribution in [0.25, 0.3) is 28.2 Å². The molecule has 0 saturated carbocycles. The highest BCUT2D eigenvalue weighted by molar-refractivity contribution is 9.10. The Morgan fingerprint density at radius 1 is 0.966 bits per heavy atom. The number of benzene rings is 1. The van der Waals surface area contributed by atoms with E-state index in [2.05, 4.69) is 31.1 Å². The highest BCUT2D eigenvalue weighted by Gasteiger charge is 2.21. The maximum atomic E-state index is 13.5. The van der Waals surface area contributed by atoms with Crippen LogP contribution in [0.2, 0.25) is 0 Å². The Balaban J connectivity index is 1.75. The van der Waals surface area contributed by atoms with Gasteiger partial charge in [-0.25, -0.2) is 14.4 Å².